The first kappa shape index (κ1) is 20.5. The van der Waals surface area contributed by atoms with Crippen LogP contribution in [-0.2, 0) is 16.8 Å². The number of halogens is 2. The van der Waals surface area contributed by atoms with Crippen molar-refractivity contribution >= 4 is 33.6 Å². The number of urea groups is 1. The molecule has 0 saturated carbocycles. The van der Waals surface area contributed by atoms with Crippen LogP contribution in [0.15, 0.2) is 41.0 Å². The molecule has 148 valence electrons. The summed E-state index contributed by atoms with van der Waals surface area (Å²) in [6.07, 6.45) is 1.61. The maximum atomic E-state index is 13.4. The highest BCUT2D eigenvalue weighted by Gasteiger charge is 2.52. The number of imide groups is 1. The number of carbonyl (C=O) groups excluding carboxylic acids is 2. The van der Waals surface area contributed by atoms with Gasteiger partial charge in [0.15, 0.2) is 0 Å². The van der Waals surface area contributed by atoms with Gasteiger partial charge in [-0.1, -0.05) is 42.8 Å². The van der Waals surface area contributed by atoms with Crippen molar-refractivity contribution in [3.63, 3.8) is 0 Å². The Morgan fingerprint density at radius 3 is 2.43 bits per heavy atom. The first-order valence-corrected chi connectivity index (χ1v) is 9.79. The number of benzene rings is 1. The lowest BCUT2D eigenvalue weighted by Gasteiger charge is -2.28. The molecule has 5 nitrogen and oxygen atoms in total. The Kier molecular flexibility index (Phi) is 5.08. The van der Waals surface area contributed by atoms with Crippen LogP contribution in [0.25, 0.3) is 0 Å². The van der Waals surface area contributed by atoms with Gasteiger partial charge in [0.05, 0.1) is 5.69 Å². The van der Waals surface area contributed by atoms with Crippen LogP contribution < -0.4 is 4.90 Å². The highest BCUT2D eigenvalue weighted by molar-refractivity contribution is 9.10. The van der Waals surface area contributed by atoms with Crippen molar-refractivity contribution in [1.29, 1.82) is 0 Å². The van der Waals surface area contributed by atoms with E-state index in [4.69, 9.17) is 0 Å². The first-order valence-electron chi connectivity index (χ1n) is 8.99. The van der Waals surface area contributed by atoms with E-state index in [1.165, 1.54) is 21.9 Å². The Morgan fingerprint density at radius 2 is 1.82 bits per heavy atom. The fourth-order valence-electron chi connectivity index (χ4n) is 3.12. The molecule has 1 fully saturated rings. The third kappa shape index (κ3) is 3.55. The summed E-state index contributed by atoms with van der Waals surface area (Å²) in [6, 6.07) is 7.34. The molecule has 0 radical (unpaired) electrons. The monoisotopic (exact) mass is 447 g/mol. The lowest BCUT2D eigenvalue weighted by molar-refractivity contribution is -0.123. The lowest BCUT2D eigenvalue weighted by atomic mass is 9.91. The molecule has 0 spiro atoms. The number of nitrogens with zero attached hydrogens (tertiary/aromatic N) is 3. The van der Waals surface area contributed by atoms with Crippen LogP contribution in [0.2, 0.25) is 0 Å². The molecule has 0 N–H and O–H groups in total. The minimum Gasteiger partial charge on any atom is -0.305 e. The van der Waals surface area contributed by atoms with Gasteiger partial charge in [-0.25, -0.2) is 14.1 Å². The van der Waals surface area contributed by atoms with E-state index >= 15 is 0 Å². The minimum absolute atomic E-state index is 0.187. The normalized spacial score (nSPS) is 16.8. The highest BCUT2D eigenvalue weighted by atomic mass is 79.9. The van der Waals surface area contributed by atoms with Crippen molar-refractivity contribution in [2.75, 3.05) is 4.90 Å². The number of carbonyl (C=O) groups is 2. The topological polar surface area (TPSA) is 53.5 Å². The molecule has 0 unspecified atom stereocenters. The smallest absolute Gasteiger partial charge is 0.305 e. The quantitative estimate of drug-likeness (QED) is 0.620. The molecular formula is C21H23BrFN3O2. The van der Waals surface area contributed by atoms with Gasteiger partial charge in [0.25, 0.3) is 5.91 Å². The van der Waals surface area contributed by atoms with E-state index in [0.717, 1.165) is 11.3 Å². The SMILES string of the molecule is CC(C)(C)c1cc(N2C(=O)N(Cc3ccc(F)cc3Br)C(C)(C)C2=O)ccn1. The Bertz CT molecular complexity index is 953. The van der Waals surface area contributed by atoms with Crippen LogP contribution in [-0.4, -0.2) is 27.4 Å². The Balaban J connectivity index is 1.98. The highest BCUT2D eigenvalue weighted by Crippen LogP contribution is 2.35. The zero-order valence-electron chi connectivity index (χ0n) is 16.6. The van der Waals surface area contributed by atoms with Gasteiger partial charge in [0.1, 0.15) is 11.4 Å². The number of amides is 3. The third-order valence-corrected chi connectivity index (χ3v) is 5.68. The zero-order valence-corrected chi connectivity index (χ0v) is 18.2. The van der Waals surface area contributed by atoms with E-state index in [0.29, 0.717) is 10.2 Å². The maximum Gasteiger partial charge on any atom is 0.332 e. The fraction of sp³-hybridized carbons (Fsp3) is 0.381. The molecule has 0 atom stereocenters. The standard InChI is InChI=1S/C21H23BrFN3O2/c1-20(2,3)17-11-15(8-9-24-17)26-18(27)21(4,5)25(19(26)28)12-13-6-7-14(23)10-16(13)22/h6-11H,12H2,1-5H3. The number of hydrogen-bond acceptors (Lipinski definition) is 3. The fourth-order valence-corrected chi connectivity index (χ4v) is 3.59. The van der Waals surface area contributed by atoms with Crippen molar-refractivity contribution in [3.05, 3.63) is 58.1 Å². The van der Waals surface area contributed by atoms with Gasteiger partial charge >= 0.3 is 6.03 Å². The largest absolute Gasteiger partial charge is 0.332 e. The van der Waals surface area contributed by atoms with E-state index in [-0.39, 0.29) is 23.7 Å². The molecule has 0 bridgehead atoms. The second-order valence-corrected chi connectivity index (χ2v) is 9.31. The summed E-state index contributed by atoms with van der Waals surface area (Å²) in [4.78, 5) is 33.4. The summed E-state index contributed by atoms with van der Waals surface area (Å²) in [5.41, 5.74) is 0.779. The number of pyridine rings is 1. The predicted octanol–water partition coefficient (Wildman–Crippen LogP) is 5.03. The summed E-state index contributed by atoms with van der Waals surface area (Å²) < 4.78 is 13.9. The molecule has 3 amide bonds. The molecule has 3 rings (SSSR count). The third-order valence-electron chi connectivity index (χ3n) is 4.94. The summed E-state index contributed by atoms with van der Waals surface area (Å²) in [6.45, 7) is 9.69. The molecule has 1 aromatic carbocycles. The van der Waals surface area contributed by atoms with Crippen molar-refractivity contribution in [2.45, 2.75) is 52.1 Å². The van der Waals surface area contributed by atoms with Crippen LogP contribution in [0.5, 0.6) is 0 Å². The van der Waals surface area contributed by atoms with Crippen LogP contribution >= 0.6 is 15.9 Å². The molecule has 2 heterocycles. The predicted molar refractivity (Wildman–Crippen MR) is 110 cm³/mol. The Hall–Kier alpha value is -2.28. The lowest BCUT2D eigenvalue weighted by Crippen LogP contribution is -2.43. The summed E-state index contributed by atoms with van der Waals surface area (Å²) in [5.74, 6) is -0.673. The molecule has 1 aliphatic heterocycles. The second-order valence-electron chi connectivity index (χ2n) is 8.45. The number of aromatic nitrogens is 1. The molecule has 7 heteroatoms. The van der Waals surface area contributed by atoms with Crippen molar-refractivity contribution < 1.29 is 14.0 Å². The minimum atomic E-state index is -1.03. The molecule has 0 aliphatic carbocycles. The van der Waals surface area contributed by atoms with Crippen LogP contribution in [0.3, 0.4) is 0 Å². The van der Waals surface area contributed by atoms with E-state index in [9.17, 15) is 14.0 Å². The first-order chi connectivity index (χ1) is 12.9. The average molecular weight is 448 g/mol. The van der Waals surface area contributed by atoms with Gasteiger partial charge < -0.3 is 4.90 Å². The molecular weight excluding hydrogens is 425 g/mol. The van der Waals surface area contributed by atoms with Crippen molar-refractivity contribution in [2.24, 2.45) is 0 Å². The number of rotatable bonds is 3. The second kappa shape index (κ2) is 6.95. The van der Waals surface area contributed by atoms with Crippen LogP contribution in [0.1, 0.15) is 45.9 Å². The summed E-state index contributed by atoms with van der Waals surface area (Å²) >= 11 is 3.33. The number of anilines is 1. The van der Waals surface area contributed by atoms with E-state index < -0.39 is 11.6 Å². The zero-order chi connectivity index (χ0) is 20.9. The Morgan fingerprint density at radius 1 is 1.14 bits per heavy atom. The van der Waals surface area contributed by atoms with Crippen LogP contribution in [0, 0.1) is 5.82 Å². The molecule has 1 aromatic heterocycles. The molecule has 1 saturated heterocycles. The summed E-state index contributed by atoms with van der Waals surface area (Å²) in [5, 5.41) is 0. The average Bonchev–Trinajstić information content (AvgIpc) is 2.76. The maximum absolute atomic E-state index is 13.4. The van der Waals surface area contributed by atoms with Crippen LogP contribution in [0.4, 0.5) is 14.9 Å². The van der Waals surface area contributed by atoms with E-state index in [1.807, 2.05) is 20.8 Å². The van der Waals surface area contributed by atoms with E-state index in [2.05, 4.69) is 20.9 Å². The van der Waals surface area contributed by atoms with Crippen molar-refractivity contribution in [3.8, 4) is 0 Å². The van der Waals surface area contributed by atoms with Gasteiger partial charge in [-0.15, -0.1) is 0 Å². The van der Waals surface area contributed by atoms with Gasteiger partial charge in [0.2, 0.25) is 0 Å². The van der Waals surface area contributed by atoms with E-state index in [1.54, 1.807) is 38.2 Å². The van der Waals surface area contributed by atoms with Gasteiger partial charge in [-0.2, -0.15) is 0 Å². The summed E-state index contributed by atoms with van der Waals surface area (Å²) in [7, 11) is 0. The van der Waals surface area contributed by atoms with Gasteiger partial charge in [0, 0.05) is 28.3 Å². The molecule has 28 heavy (non-hydrogen) atoms. The van der Waals surface area contributed by atoms with Gasteiger partial charge in [-0.3, -0.25) is 9.78 Å². The van der Waals surface area contributed by atoms with Gasteiger partial charge in [-0.05, 0) is 43.7 Å². The molecule has 1 aliphatic rings. The van der Waals surface area contributed by atoms with Crippen molar-refractivity contribution in [1.82, 2.24) is 9.88 Å². The Labute approximate surface area is 172 Å². The number of hydrogen-bond donors (Lipinski definition) is 0. The molecule has 2 aromatic rings.